The fraction of sp³-hybridized carbons (Fsp3) is 0.357. The number of hydrogen-bond donors (Lipinski definition) is 2. The van der Waals surface area contributed by atoms with Gasteiger partial charge in [-0.3, -0.25) is 0 Å². The van der Waals surface area contributed by atoms with E-state index < -0.39 is 16.0 Å². The van der Waals surface area contributed by atoms with Gasteiger partial charge in [-0.05, 0) is 47.6 Å². The summed E-state index contributed by atoms with van der Waals surface area (Å²) >= 11 is 1.85. The fourth-order valence-corrected chi connectivity index (χ4v) is 4.38. The fourth-order valence-electron chi connectivity index (χ4n) is 1.98. The summed E-state index contributed by atoms with van der Waals surface area (Å²) in [6.07, 6.45) is 3.48. The lowest BCUT2D eigenvalue weighted by Crippen LogP contribution is -2.29. The lowest BCUT2D eigenvalue weighted by molar-refractivity contribution is -0.131. The molecule has 1 unspecified atom stereocenters. The lowest BCUT2D eigenvalue weighted by Gasteiger charge is -2.10. The van der Waals surface area contributed by atoms with Crippen LogP contribution in [0.3, 0.4) is 0 Å². The van der Waals surface area contributed by atoms with Gasteiger partial charge in [0.15, 0.2) is 0 Å². The van der Waals surface area contributed by atoms with Gasteiger partial charge in [0.2, 0.25) is 10.0 Å². The first-order valence-electron chi connectivity index (χ1n) is 6.56. The van der Waals surface area contributed by atoms with Gasteiger partial charge in [-0.1, -0.05) is 12.1 Å². The first kappa shape index (κ1) is 16.1. The summed E-state index contributed by atoms with van der Waals surface area (Å²) in [7, 11) is -3.50. The molecule has 7 heteroatoms. The van der Waals surface area contributed by atoms with Crippen molar-refractivity contribution < 1.29 is 18.3 Å². The van der Waals surface area contributed by atoms with Crippen LogP contribution in [-0.4, -0.2) is 37.5 Å². The summed E-state index contributed by atoms with van der Waals surface area (Å²) in [4.78, 5) is 10.6. The van der Waals surface area contributed by atoms with Crippen LogP contribution in [0.15, 0.2) is 35.2 Å². The smallest absolute Gasteiger partial charge is 0.328 e. The third-order valence-electron chi connectivity index (χ3n) is 3.19. The summed E-state index contributed by atoms with van der Waals surface area (Å²) in [6, 6.07) is 6.12. The van der Waals surface area contributed by atoms with Crippen LogP contribution in [0.1, 0.15) is 12.0 Å². The largest absolute Gasteiger partial charge is 0.478 e. The zero-order chi connectivity index (χ0) is 15.3. The lowest BCUT2D eigenvalue weighted by atomic mass is 10.1. The normalized spacial score (nSPS) is 19.1. The van der Waals surface area contributed by atoms with E-state index in [1.54, 1.807) is 12.1 Å². The Kier molecular flexibility index (Phi) is 5.44. The number of carbonyl (C=O) groups is 1. The van der Waals surface area contributed by atoms with Crippen LogP contribution in [0.5, 0.6) is 0 Å². The molecule has 1 fully saturated rings. The zero-order valence-corrected chi connectivity index (χ0v) is 13.0. The molecule has 21 heavy (non-hydrogen) atoms. The summed E-state index contributed by atoms with van der Waals surface area (Å²) in [5, 5.41) is 8.54. The number of carboxylic acid groups (broad SMARTS) is 1. The maximum absolute atomic E-state index is 12.1. The third kappa shape index (κ3) is 4.87. The highest BCUT2D eigenvalue weighted by molar-refractivity contribution is 7.99. The second-order valence-electron chi connectivity index (χ2n) is 4.82. The van der Waals surface area contributed by atoms with E-state index in [4.69, 9.17) is 5.11 Å². The number of rotatable bonds is 6. The first-order chi connectivity index (χ1) is 9.97. The Balaban J connectivity index is 2.00. The van der Waals surface area contributed by atoms with Crippen molar-refractivity contribution in [2.75, 3.05) is 18.1 Å². The highest BCUT2D eigenvalue weighted by Crippen LogP contribution is 2.23. The Hall–Kier alpha value is -1.31. The highest BCUT2D eigenvalue weighted by Gasteiger charge is 2.19. The van der Waals surface area contributed by atoms with E-state index in [1.807, 2.05) is 11.8 Å². The summed E-state index contributed by atoms with van der Waals surface area (Å²) in [5.74, 6) is 1.46. The van der Waals surface area contributed by atoms with Crippen LogP contribution in [0.2, 0.25) is 0 Å². The van der Waals surface area contributed by atoms with E-state index in [0.29, 0.717) is 18.0 Å². The molecule has 0 bridgehead atoms. The molecule has 5 nitrogen and oxygen atoms in total. The Morgan fingerprint density at radius 3 is 2.67 bits per heavy atom. The van der Waals surface area contributed by atoms with Gasteiger partial charge < -0.3 is 5.11 Å². The van der Waals surface area contributed by atoms with Gasteiger partial charge in [0.1, 0.15) is 0 Å². The van der Waals surface area contributed by atoms with Crippen LogP contribution < -0.4 is 4.72 Å². The van der Waals surface area contributed by atoms with Crippen molar-refractivity contribution in [3.8, 4) is 0 Å². The molecule has 1 heterocycles. The molecule has 2 rings (SSSR count). The minimum atomic E-state index is -3.50. The minimum Gasteiger partial charge on any atom is -0.478 e. The SMILES string of the molecule is O=C(O)/C=C/c1ccc(S(=O)(=O)NCC2CCSC2)cc1. The number of hydrogen-bond acceptors (Lipinski definition) is 4. The van der Waals surface area contributed by atoms with Gasteiger partial charge in [-0.25, -0.2) is 17.9 Å². The van der Waals surface area contributed by atoms with E-state index in [0.717, 1.165) is 24.0 Å². The zero-order valence-electron chi connectivity index (χ0n) is 11.4. The molecule has 0 radical (unpaired) electrons. The number of benzene rings is 1. The standard InChI is InChI=1S/C14H17NO4S2/c16-14(17)6-3-11-1-4-13(5-2-11)21(18,19)15-9-12-7-8-20-10-12/h1-6,12,15H,7-10H2,(H,16,17)/b6-3+. The molecular formula is C14H17NO4S2. The van der Waals surface area contributed by atoms with Crippen LogP contribution >= 0.6 is 11.8 Å². The molecule has 0 saturated carbocycles. The number of sulfonamides is 1. The molecule has 1 aromatic rings. The Bertz CT molecular complexity index is 617. The van der Waals surface area contributed by atoms with Gasteiger partial charge in [0.05, 0.1) is 4.90 Å². The monoisotopic (exact) mass is 327 g/mol. The Labute approximate surface area is 128 Å². The predicted molar refractivity (Wildman–Crippen MR) is 83.7 cm³/mol. The molecule has 1 aliphatic rings. The second kappa shape index (κ2) is 7.11. The van der Waals surface area contributed by atoms with E-state index in [1.165, 1.54) is 18.2 Å². The van der Waals surface area contributed by atoms with Crippen molar-refractivity contribution in [1.29, 1.82) is 0 Å². The van der Waals surface area contributed by atoms with E-state index in [2.05, 4.69) is 4.72 Å². The number of aliphatic carboxylic acids is 1. The van der Waals surface area contributed by atoms with Crippen LogP contribution in [0, 0.1) is 5.92 Å². The molecular weight excluding hydrogens is 310 g/mol. The maximum atomic E-state index is 12.1. The predicted octanol–water partition coefficient (Wildman–Crippen LogP) is 1.82. The summed E-state index contributed by atoms with van der Waals surface area (Å²) < 4.78 is 26.9. The second-order valence-corrected chi connectivity index (χ2v) is 7.74. The molecule has 0 aromatic heterocycles. The van der Waals surface area contributed by atoms with Gasteiger partial charge in [0, 0.05) is 12.6 Å². The highest BCUT2D eigenvalue weighted by atomic mass is 32.2. The van der Waals surface area contributed by atoms with Gasteiger partial charge in [-0.2, -0.15) is 11.8 Å². The summed E-state index contributed by atoms with van der Waals surface area (Å²) in [5.41, 5.74) is 0.642. The topological polar surface area (TPSA) is 83.5 Å². The molecule has 0 aliphatic carbocycles. The van der Waals surface area contributed by atoms with E-state index >= 15 is 0 Å². The van der Waals surface area contributed by atoms with E-state index in [-0.39, 0.29) is 4.90 Å². The van der Waals surface area contributed by atoms with Crippen molar-refractivity contribution in [3.05, 3.63) is 35.9 Å². The average Bonchev–Trinajstić information content (AvgIpc) is 2.97. The van der Waals surface area contributed by atoms with Crippen LogP contribution in [-0.2, 0) is 14.8 Å². The van der Waals surface area contributed by atoms with Crippen molar-refractivity contribution in [3.63, 3.8) is 0 Å². The van der Waals surface area contributed by atoms with Crippen molar-refractivity contribution in [2.45, 2.75) is 11.3 Å². The third-order valence-corrected chi connectivity index (χ3v) is 5.87. The molecule has 1 aromatic carbocycles. The maximum Gasteiger partial charge on any atom is 0.328 e. The van der Waals surface area contributed by atoms with Crippen LogP contribution in [0.4, 0.5) is 0 Å². The minimum absolute atomic E-state index is 0.195. The molecule has 114 valence electrons. The van der Waals surface area contributed by atoms with Crippen LogP contribution in [0.25, 0.3) is 6.08 Å². The van der Waals surface area contributed by atoms with E-state index in [9.17, 15) is 13.2 Å². The average molecular weight is 327 g/mol. The number of nitrogens with one attached hydrogen (secondary N) is 1. The van der Waals surface area contributed by atoms with Gasteiger partial charge >= 0.3 is 5.97 Å². The summed E-state index contributed by atoms with van der Waals surface area (Å²) in [6.45, 7) is 0.468. The molecule has 2 N–H and O–H groups in total. The molecule has 1 aliphatic heterocycles. The molecule has 1 saturated heterocycles. The quantitative estimate of drug-likeness (QED) is 0.779. The number of thioether (sulfide) groups is 1. The Morgan fingerprint density at radius 2 is 2.10 bits per heavy atom. The first-order valence-corrected chi connectivity index (χ1v) is 9.19. The van der Waals surface area contributed by atoms with Crippen molar-refractivity contribution >= 4 is 33.8 Å². The van der Waals surface area contributed by atoms with Gasteiger partial charge in [-0.15, -0.1) is 0 Å². The molecule has 1 atom stereocenters. The molecule has 0 amide bonds. The van der Waals surface area contributed by atoms with Gasteiger partial charge in [0.25, 0.3) is 0 Å². The van der Waals surface area contributed by atoms with Crippen molar-refractivity contribution in [2.24, 2.45) is 5.92 Å². The molecule has 0 spiro atoms. The Morgan fingerprint density at radius 1 is 1.38 bits per heavy atom. The number of carboxylic acids is 1. The van der Waals surface area contributed by atoms with Crippen molar-refractivity contribution in [1.82, 2.24) is 4.72 Å².